The molecule has 2 N–H and O–H groups in total. The van der Waals surface area contributed by atoms with Crippen LogP contribution in [-0.4, -0.2) is 33.9 Å². The number of hydrogen-bond acceptors (Lipinski definition) is 5. The molecule has 0 amide bonds. The van der Waals surface area contributed by atoms with Crippen LogP contribution in [0.3, 0.4) is 0 Å². The molecule has 0 saturated carbocycles. The molecule has 0 spiro atoms. The van der Waals surface area contributed by atoms with Crippen LogP contribution >= 0.6 is 22.9 Å². The van der Waals surface area contributed by atoms with Gasteiger partial charge in [0.2, 0.25) is 0 Å². The predicted octanol–water partition coefficient (Wildman–Crippen LogP) is 1.64. The molecule has 1 atom stereocenters. The highest BCUT2D eigenvalue weighted by atomic mass is 35.5. The maximum Gasteiger partial charge on any atom is 0.187 e. The van der Waals surface area contributed by atoms with E-state index in [2.05, 4.69) is 4.98 Å². The molecular formula is C10H15ClN2O2S. The fourth-order valence-corrected chi connectivity index (χ4v) is 3.08. The van der Waals surface area contributed by atoms with Crippen molar-refractivity contribution in [1.82, 2.24) is 4.98 Å². The van der Waals surface area contributed by atoms with Crippen molar-refractivity contribution >= 4 is 28.1 Å². The lowest BCUT2D eigenvalue weighted by Crippen LogP contribution is -2.46. The molecular weight excluding hydrogens is 248 g/mol. The molecule has 1 aliphatic rings. The Morgan fingerprint density at radius 2 is 2.38 bits per heavy atom. The van der Waals surface area contributed by atoms with Gasteiger partial charge >= 0.3 is 0 Å². The lowest BCUT2D eigenvalue weighted by atomic mass is 9.96. The van der Waals surface area contributed by atoms with Crippen molar-refractivity contribution in [2.24, 2.45) is 0 Å². The van der Waals surface area contributed by atoms with E-state index in [4.69, 9.17) is 16.7 Å². The van der Waals surface area contributed by atoms with Gasteiger partial charge in [-0.15, -0.1) is 0 Å². The lowest BCUT2D eigenvalue weighted by molar-refractivity contribution is 0.0449. The zero-order valence-corrected chi connectivity index (χ0v) is 10.7. The normalized spacial score (nSPS) is 26.1. The van der Waals surface area contributed by atoms with E-state index in [1.807, 2.05) is 11.8 Å². The van der Waals surface area contributed by atoms with Gasteiger partial charge in [-0.2, -0.15) is 0 Å². The van der Waals surface area contributed by atoms with E-state index in [1.54, 1.807) is 0 Å². The van der Waals surface area contributed by atoms with Crippen LogP contribution in [0.15, 0.2) is 0 Å². The van der Waals surface area contributed by atoms with Gasteiger partial charge < -0.3 is 15.1 Å². The number of aromatic nitrogens is 1. The Balaban J connectivity index is 2.17. The second-order valence-electron chi connectivity index (χ2n) is 4.39. The summed E-state index contributed by atoms with van der Waals surface area (Å²) >= 11 is 7.27. The van der Waals surface area contributed by atoms with E-state index in [-0.39, 0.29) is 6.61 Å². The second kappa shape index (κ2) is 4.49. The largest absolute Gasteiger partial charge is 0.391 e. The Morgan fingerprint density at radius 3 is 2.94 bits per heavy atom. The van der Waals surface area contributed by atoms with Crippen LogP contribution in [0.5, 0.6) is 0 Å². The monoisotopic (exact) mass is 262 g/mol. The predicted molar refractivity (Wildman–Crippen MR) is 65.1 cm³/mol. The minimum Gasteiger partial charge on any atom is -0.391 e. The van der Waals surface area contributed by atoms with Crippen molar-refractivity contribution in [2.45, 2.75) is 32.0 Å². The molecule has 1 aromatic rings. The summed E-state index contributed by atoms with van der Waals surface area (Å²) < 4.78 is 0. The van der Waals surface area contributed by atoms with Gasteiger partial charge in [0, 0.05) is 13.1 Å². The van der Waals surface area contributed by atoms with Crippen molar-refractivity contribution in [3.8, 4) is 0 Å². The van der Waals surface area contributed by atoms with Crippen LogP contribution < -0.4 is 4.90 Å². The number of anilines is 1. The number of aliphatic hydroxyl groups excluding tert-OH is 1. The van der Waals surface area contributed by atoms with Gasteiger partial charge in [0.05, 0.1) is 17.1 Å². The zero-order chi connectivity index (χ0) is 11.8. The van der Waals surface area contributed by atoms with Gasteiger partial charge in [0.1, 0.15) is 5.15 Å². The average Bonchev–Trinajstić information content (AvgIpc) is 2.58. The van der Waals surface area contributed by atoms with E-state index in [0.717, 1.165) is 24.5 Å². The summed E-state index contributed by atoms with van der Waals surface area (Å²) in [7, 11) is 0. The molecule has 0 aliphatic carbocycles. The summed E-state index contributed by atoms with van der Waals surface area (Å²) in [5.41, 5.74) is -0.657. The third-order valence-corrected chi connectivity index (χ3v) is 4.25. The quantitative estimate of drug-likeness (QED) is 0.851. The summed E-state index contributed by atoms with van der Waals surface area (Å²) in [6.07, 6.45) is 1.76. The van der Waals surface area contributed by atoms with Crippen molar-refractivity contribution in [3.63, 3.8) is 0 Å². The van der Waals surface area contributed by atoms with Crippen LogP contribution in [0, 0.1) is 0 Å². The van der Waals surface area contributed by atoms with Gasteiger partial charge in [-0.1, -0.05) is 22.9 Å². The van der Waals surface area contributed by atoms with E-state index in [0.29, 0.717) is 16.6 Å². The molecule has 1 aliphatic heterocycles. The van der Waals surface area contributed by atoms with Crippen LogP contribution in [0.4, 0.5) is 5.13 Å². The summed E-state index contributed by atoms with van der Waals surface area (Å²) in [5.74, 6) is 0. The number of nitrogens with zero attached hydrogens (tertiary/aromatic N) is 2. The van der Waals surface area contributed by atoms with Gasteiger partial charge in [0.25, 0.3) is 0 Å². The van der Waals surface area contributed by atoms with Gasteiger partial charge in [-0.25, -0.2) is 4.98 Å². The number of hydrogen-bond donors (Lipinski definition) is 2. The van der Waals surface area contributed by atoms with Crippen molar-refractivity contribution < 1.29 is 10.2 Å². The summed E-state index contributed by atoms with van der Waals surface area (Å²) in [6.45, 7) is 3.20. The molecule has 4 nitrogen and oxygen atoms in total. The Bertz CT molecular complexity index is 381. The van der Waals surface area contributed by atoms with Crippen molar-refractivity contribution in [3.05, 3.63) is 10.0 Å². The Kier molecular flexibility index (Phi) is 3.39. The Hall–Kier alpha value is -0.360. The molecule has 0 aromatic carbocycles. The van der Waals surface area contributed by atoms with Crippen molar-refractivity contribution in [1.29, 1.82) is 0 Å². The van der Waals surface area contributed by atoms with Crippen LogP contribution in [0.1, 0.15) is 24.6 Å². The van der Waals surface area contributed by atoms with Crippen LogP contribution in [0.2, 0.25) is 5.15 Å². The highest BCUT2D eigenvalue weighted by Crippen LogP contribution is 2.32. The highest BCUT2D eigenvalue weighted by molar-refractivity contribution is 7.16. The number of rotatable bonds is 2. The standard InChI is InChI=1S/C10H15ClN2O2S/c1-10(15)3-2-4-13(6-10)9-12-8(11)7(5-14)16-9/h14-15H,2-6H2,1H3. The van der Waals surface area contributed by atoms with Crippen LogP contribution in [0.25, 0.3) is 0 Å². The molecule has 1 unspecified atom stereocenters. The molecule has 0 bridgehead atoms. The van der Waals surface area contributed by atoms with Gasteiger partial charge in [-0.05, 0) is 19.8 Å². The molecule has 16 heavy (non-hydrogen) atoms. The van der Waals surface area contributed by atoms with Crippen molar-refractivity contribution in [2.75, 3.05) is 18.0 Å². The smallest absolute Gasteiger partial charge is 0.187 e. The first-order valence-corrected chi connectivity index (χ1v) is 6.45. The minimum atomic E-state index is -0.657. The zero-order valence-electron chi connectivity index (χ0n) is 9.11. The number of thiazole rings is 1. The Morgan fingerprint density at radius 1 is 1.62 bits per heavy atom. The fourth-order valence-electron chi connectivity index (χ4n) is 1.94. The number of aliphatic hydroxyl groups is 2. The molecule has 1 aromatic heterocycles. The third-order valence-electron chi connectivity index (χ3n) is 2.73. The molecule has 6 heteroatoms. The molecule has 2 heterocycles. The molecule has 0 radical (unpaired) electrons. The SMILES string of the molecule is CC1(O)CCCN(c2nc(Cl)c(CO)s2)C1. The van der Waals surface area contributed by atoms with Crippen LogP contribution in [-0.2, 0) is 6.61 Å². The Labute approximate surface area is 103 Å². The lowest BCUT2D eigenvalue weighted by Gasteiger charge is -2.36. The summed E-state index contributed by atoms with van der Waals surface area (Å²) in [6, 6.07) is 0. The highest BCUT2D eigenvalue weighted by Gasteiger charge is 2.30. The summed E-state index contributed by atoms with van der Waals surface area (Å²) in [5, 5.41) is 20.2. The number of β-amino-alcohol motifs (C(OH)–C–C–N with tert-alkyl or cyclic N) is 1. The van der Waals surface area contributed by atoms with E-state index < -0.39 is 5.60 Å². The number of piperidine rings is 1. The first-order chi connectivity index (χ1) is 7.52. The maximum absolute atomic E-state index is 9.99. The molecule has 2 rings (SSSR count). The fraction of sp³-hybridized carbons (Fsp3) is 0.700. The van der Waals surface area contributed by atoms with Gasteiger partial charge in [0.15, 0.2) is 5.13 Å². The summed E-state index contributed by atoms with van der Waals surface area (Å²) in [4.78, 5) is 6.92. The van der Waals surface area contributed by atoms with E-state index >= 15 is 0 Å². The maximum atomic E-state index is 9.99. The first-order valence-electron chi connectivity index (χ1n) is 5.25. The molecule has 1 saturated heterocycles. The molecule has 1 fully saturated rings. The minimum absolute atomic E-state index is 0.0826. The number of halogens is 1. The topological polar surface area (TPSA) is 56.6 Å². The van der Waals surface area contributed by atoms with E-state index in [1.165, 1.54) is 11.3 Å². The third kappa shape index (κ3) is 2.48. The van der Waals surface area contributed by atoms with E-state index in [9.17, 15) is 5.11 Å². The molecule has 90 valence electrons. The average molecular weight is 263 g/mol. The van der Waals surface area contributed by atoms with Gasteiger partial charge in [-0.3, -0.25) is 0 Å². The second-order valence-corrected chi connectivity index (χ2v) is 5.81. The first kappa shape index (κ1) is 12.1.